The largest absolute Gasteiger partial charge is 0.393 e. The summed E-state index contributed by atoms with van der Waals surface area (Å²) in [5.74, 6) is 0. The lowest BCUT2D eigenvalue weighted by Gasteiger charge is -2.46. The van der Waals surface area contributed by atoms with Crippen LogP contribution in [0.3, 0.4) is 0 Å². The van der Waals surface area contributed by atoms with E-state index in [9.17, 15) is 10.2 Å². The van der Waals surface area contributed by atoms with Crippen molar-refractivity contribution in [3.8, 4) is 0 Å². The van der Waals surface area contributed by atoms with Crippen LogP contribution in [0.25, 0.3) is 0 Å². The number of hydrogen-bond donors (Lipinski definition) is 2. The summed E-state index contributed by atoms with van der Waals surface area (Å²) in [7, 11) is -1.81. The molecule has 0 aliphatic carbocycles. The Balaban J connectivity index is 2.97. The zero-order valence-corrected chi connectivity index (χ0v) is 14.7. The molecule has 114 valence electrons. The lowest BCUT2D eigenvalue weighted by Crippen LogP contribution is -2.51. The summed E-state index contributed by atoms with van der Waals surface area (Å²) in [6.45, 7) is 13.0. The summed E-state index contributed by atoms with van der Waals surface area (Å²) in [5.41, 5.74) is 1.10. The lowest BCUT2D eigenvalue weighted by molar-refractivity contribution is 0.0858. The molecule has 0 heterocycles. The van der Waals surface area contributed by atoms with Gasteiger partial charge in [-0.05, 0) is 23.9 Å². The van der Waals surface area contributed by atoms with Gasteiger partial charge in [-0.25, -0.2) is 0 Å². The van der Waals surface area contributed by atoms with Crippen molar-refractivity contribution < 1.29 is 10.2 Å². The highest BCUT2D eigenvalue weighted by Crippen LogP contribution is 2.46. The monoisotopic (exact) mass is 294 g/mol. The second-order valence-electron chi connectivity index (χ2n) is 7.50. The molecule has 0 saturated heterocycles. The van der Waals surface area contributed by atoms with E-state index in [4.69, 9.17) is 0 Å². The SMILES string of the molecule is C[C@@H](O)C([C@@H](O)Cc1ccccc1)[Si](C)(C)C(C)(C)C. The van der Waals surface area contributed by atoms with Gasteiger partial charge in [0, 0.05) is 5.54 Å². The molecule has 1 aromatic carbocycles. The normalized spacial score (nSPS) is 17.6. The Morgan fingerprint density at radius 1 is 1.05 bits per heavy atom. The van der Waals surface area contributed by atoms with E-state index in [-0.39, 0.29) is 10.6 Å². The Morgan fingerprint density at radius 2 is 1.55 bits per heavy atom. The van der Waals surface area contributed by atoms with E-state index in [1.807, 2.05) is 37.3 Å². The molecule has 0 radical (unpaired) electrons. The first-order chi connectivity index (χ1) is 9.07. The van der Waals surface area contributed by atoms with E-state index in [0.29, 0.717) is 6.42 Å². The van der Waals surface area contributed by atoms with Crippen molar-refractivity contribution in [2.24, 2.45) is 0 Å². The zero-order valence-electron chi connectivity index (χ0n) is 13.7. The fourth-order valence-electron chi connectivity index (χ4n) is 2.89. The summed E-state index contributed by atoms with van der Waals surface area (Å²) in [6.07, 6.45) is -0.351. The molecule has 0 aromatic heterocycles. The van der Waals surface area contributed by atoms with Crippen LogP contribution >= 0.6 is 0 Å². The predicted molar refractivity (Wildman–Crippen MR) is 88.8 cm³/mol. The van der Waals surface area contributed by atoms with Crippen LogP contribution in [-0.2, 0) is 6.42 Å². The molecule has 1 rings (SSSR count). The van der Waals surface area contributed by atoms with Gasteiger partial charge >= 0.3 is 0 Å². The average Bonchev–Trinajstić information content (AvgIpc) is 2.27. The molecule has 3 heteroatoms. The van der Waals surface area contributed by atoms with Gasteiger partial charge < -0.3 is 10.2 Å². The molecular weight excluding hydrogens is 264 g/mol. The van der Waals surface area contributed by atoms with Gasteiger partial charge in [-0.15, -0.1) is 0 Å². The van der Waals surface area contributed by atoms with Crippen molar-refractivity contribution in [3.05, 3.63) is 35.9 Å². The van der Waals surface area contributed by atoms with Crippen molar-refractivity contribution in [2.75, 3.05) is 0 Å². The highest BCUT2D eigenvalue weighted by Gasteiger charge is 2.47. The lowest BCUT2D eigenvalue weighted by atomic mass is 10.0. The van der Waals surface area contributed by atoms with Gasteiger partial charge in [0.05, 0.1) is 20.3 Å². The van der Waals surface area contributed by atoms with E-state index < -0.39 is 20.3 Å². The molecule has 2 nitrogen and oxygen atoms in total. The maximum atomic E-state index is 10.7. The molecule has 20 heavy (non-hydrogen) atoms. The van der Waals surface area contributed by atoms with Crippen LogP contribution in [0.4, 0.5) is 0 Å². The van der Waals surface area contributed by atoms with E-state index in [2.05, 4.69) is 33.9 Å². The molecule has 3 atom stereocenters. The highest BCUT2D eigenvalue weighted by molar-refractivity contribution is 6.81. The van der Waals surface area contributed by atoms with Gasteiger partial charge in [-0.2, -0.15) is 0 Å². The first-order valence-corrected chi connectivity index (χ1v) is 10.5. The van der Waals surface area contributed by atoms with Crippen LogP contribution in [0.2, 0.25) is 23.7 Å². The van der Waals surface area contributed by atoms with Crippen molar-refractivity contribution in [1.29, 1.82) is 0 Å². The summed E-state index contributed by atoms with van der Waals surface area (Å²) in [5, 5.41) is 21.1. The van der Waals surface area contributed by atoms with Crippen molar-refractivity contribution in [3.63, 3.8) is 0 Å². The van der Waals surface area contributed by atoms with Crippen molar-refractivity contribution in [2.45, 2.75) is 70.0 Å². The number of benzene rings is 1. The van der Waals surface area contributed by atoms with E-state index >= 15 is 0 Å². The maximum Gasteiger partial charge on any atom is 0.0620 e. The minimum absolute atomic E-state index is 0.0253. The van der Waals surface area contributed by atoms with Crippen LogP contribution in [-0.4, -0.2) is 30.5 Å². The Bertz CT molecular complexity index is 407. The summed E-state index contributed by atoms with van der Waals surface area (Å²) >= 11 is 0. The summed E-state index contributed by atoms with van der Waals surface area (Å²) in [4.78, 5) is 0. The van der Waals surface area contributed by atoms with Gasteiger partial charge in [0.2, 0.25) is 0 Å². The van der Waals surface area contributed by atoms with Crippen molar-refractivity contribution >= 4 is 8.07 Å². The van der Waals surface area contributed by atoms with Crippen LogP contribution < -0.4 is 0 Å². The maximum absolute atomic E-state index is 10.7. The quantitative estimate of drug-likeness (QED) is 0.810. The molecule has 0 aliphatic heterocycles. The fraction of sp³-hybridized carbons (Fsp3) is 0.647. The summed E-state index contributed by atoms with van der Waals surface area (Å²) < 4.78 is 0. The Morgan fingerprint density at radius 3 is 1.95 bits per heavy atom. The average molecular weight is 295 g/mol. The van der Waals surface area contributed by atoms with Crippen LogP contribution in [0.1, 0.15) is 33.3 Å². The Hall–Kier alpha value is -0.643. The first-order valence-electron chi connectivity index (χ1n) is 7.47. The molecule has 0 spiro atoms. The number of aliphatic hydroxyl groups excluding tert-OH is 2. The predicted octanol–water partition coefficient (Wildman–Crippen LogP) is 3.85. The van der Waals surface area contributed by atoms with E-state index in [1.165, 1.54) is 0 Å². The van der Waals surface area contributed by atoms with Gasteiger partial charge in [0.1, 0.15) is 0 Å². The molecule has 0 fully saturated rings. The third kappa shape index (κ3) is 3.93. The van der Waals surface area contributed by atoms with E-state index in [1.54, 1.807) is 0 Å². The molecule has 0 saturated carbocycles. The van der Waals surface area contributed by atoms with Gasteiger partial charge in [0.25, 0.3) is 0 Å². The minimum Gasteiger partial charge on any atom is -0.393 e. The van der Waals surface area contributed by atoms with Gasteiger partial charge in [-0.3, -0.25) is 0 Å². The molecular formula is C17H30O2Si. The standard InChI is InChI=1S/C17H30O2Si/c1-13(18)16(20(5,6)17(2,3)4)15(19)12-14-10-8-7-9-11-14/h7-11,13,15-16,18-19H,12H2,1-6H3/t13-,15+,16?/m1/s1. The molecule has 0 aliphatic rings. The molecule has 1 unspecified atom stereocenters. The highest BCUT2D eigenvalue weighted by atomic mass is 28.3. The third-order valence-corrected chi connectivity index (χ3v) is 11.4. The molecule has 0 bridgehead atoms. The smallest absolute Gasteiger partial charge is 0.0620 e. The Labute approximate surface area is 124 Å². The molecule has 2 N–H and O–H groups in total. The zero-order chi connectivity index (χ0) is 15.6. The van der Waals surface area contributed by atoms with Crippen LogP contribution in [0.15, 0.2) is 30.3 Å². The minimum atomic E-state index is -1.81. The first kappa shape index (κ1) is 17.4. The Kier molecular flexibility index (Phi) is 5.59. The van der Waals surface area contributed by atoms with Crippen LogP contribution in [0.5, 0.6) is 0 Å². The summed E-state index contributed by atoms with van der Waals surface area (Å²) in [6, 6.07) is 10.0. The third-order valence-electron chi connectivity index (χ3n) is 4.99. The molecule has 0 amide bonds. The van der Waals surface area contributed by atoms with Crippen molar-refractivity contribution in [1.82, 2.24) is 0 Å². The van der Waals surface area contributed by atoms with Gasteiger partial charge in [-0.1, -0.05) is 64.2 Å². The number of aliphatic hydroxyl groups is 2. The number of rotatable bonds is 5. The fourth-order valence-corrected chi connectivity index (χ4v) is 6.17. The molecule has 1 aromatic rings. The number of hydrogen-bond acceptors (Lipinski definition) is 2. The second kappa shape index (κ2) is 6.42. The van der Waals surface area contributed by atoms with Crippen LogP contribution in [0, 0.1) is 0 Å². The second-order valence-corrected chi connectivity index (χ2v) is 13.1. The van der Waals surface area contributed by atoms with E-state index in [0.717, 1.165) is 5.56 Å². The topological polar surface area (TPSA) is 40.5 Å². The van der Waals surface area contributed by atoms with Gasteiger partial charge in [0.15, 0.2) is 0 Å².